The largest absolute Gasteiger partial charge is 0.494 e. The normalized spacial score (nSPS) is 11.4. The van der Waals surface area contributed by atoms with Gasteiger partial charge in [0, 0.05) is 25.7 Å². The summed E-state index contributed by atoms with van der Waals surface area (Å²) in [4.78, 5) is 10.1. The van der Waals surface area contributed by atoms with Crippen LogP contribution in [-0.4, -0.2) is 37.8 Å². The Balaban J connectivity index is 1.90. The average Bonchev–Trinajstić information content (AvgIpc) is 2.59. The summed E-state index contributed by atoms with van der Waals surface area (Å²) in [5.41, 5.74) is -0.145. The quantitative estimate of drug-likeness (QED) is 0.415. The van der Waals surface area contributed by atoms with Crippen LogP contribution in [0.3, 0.4) is 0 Å². The number of sulfonamides is 1. The minimum absolute atomic E-state index is 0.0274. The summed E-state index contributed by atoms with van der Waals surface area (Å²) in [5, 5.41) is 10.6. The topological polar surface area (TPSA) is 89.8 Å². The van der Waals surface area contributed by atoms with Gasteiger partial charge in [-0.1, -0.05) is 18.2 Å². The van der Waals surface area contributed by atoms with Crippen LogP contribution >= 0.6 is 0 Å². The molecule has 0 unspecified atom stereocenters. The molecule has 0 spiro atoms. The third-order valence-electron chi connectivity index (χ3n) is 3.38. The Morgan fingerprint density at radius 3 is 2.29 bits per heavy atom. The van der Waals surface area contributed by atoms with E-state index in [0.29, 0.717) is 13.0 Å². The molecule has 0 bridgehead atoms. The summed E-state index contributed by atoms with van der Waals surface area (Å²) in [5.74, 6) is 0.735. The van der Waals surface area contributed by atoms with Gasteiger partial charge in [-0.3, -0.25) is 10.1 Å². The molecule has 0 heterocycles. The molecule has 8 heteroatoms. The first kappa shape index (κ1) is 17.9. The molecule has 2 aromatic carbocycles. The van der Waals surface area contributed by atoms with Crippen molar-refractivity contribution in [3.05, 3.63) is 64.7 Å². The number of rotatable bonds is 8. The zero-order chi connectivity index (χ0) is 17.6. The van der Waals surface area contributed by atoms with Crippen LogP contribution in [0.1, 0.15) is 6.42 Å². The van der Waals surface area contributed by atoms with Crippen LogP contribution < -0.4 is 4.74 Å². The van der Waals surface area contributed by atoms with Gasteiger partial charge in [-0.2, -0.15) is 0 Å². The van der Waals surface area contributed by atoms with Crippen molar-refractivity contribution in [1.29, 1.82) is 0 Å². The zero-order valence-electron chi connectivity index (χ0n) is 13.2. The van der Waals surface area contributed by atoms with Crippen LogP contribution in [-0.2, 0) is 10.0 Å². The van der Waals surface area contributed by atoms with Crippen LogP contribution in [0.25, 0.3) is 0 Å². The van der Waals surface area contributed by atoms with E-state index in [2.05, 4.69) is 0 Å². The monoisotopic (exact) mass is 350 g/mol. The lowest BCUT2D eigenvalue weighted by Crippen LogP contribution is -2.28. The highest BCUT2D eigenvalue weighted by atomic mass is 32.2. The zero-order valence-corrected chi connectivity index (χ0v) is 14.0. The van der Waals surface area contributed by atoms with Gasteiger partial charge in [0.25, 0.3) is 5.69 Å². The van der Waals surface area contributed by atoms with Gasteiger partial charge in [-0.15, -0.1) is 0 Å². The van der Waals surface area contributed by atoms with E-state index in [1.807, 2.05) is 30.3 Å². The molecule has 0 aliphatic carbocycles. The third-order valence-corrected chi connectivity index (χ3v) is 5.26. The summed E-state index contributed by atoms with van der Waals surface area (Å²) in [6.07, 6.45) is 0.525. The third kappa shape index (κ3) is 4.53. The van der Waals surface area contributed by atoms with Crippen LogP contribution in [0.4, 0.5) is 5.69 Å². The summed E-state index contributed by atoms with van der Waals surface area (Å²) in [6, 6.07) is 14.1. The number of hydrogen-bond donors (Lipinski definition) is 0. The number of non-ortho nitro benzene ring substituents is 1. The Morgan fingerprint density at radius 1 is 1.08 bits per heavy atom. The molecule has 0 saturated heterocycles. The number of hydrogen-bond acceptors (Lipinski definition) is 5. The van der Waals surface area contributed by atoms with Crippen molar-refractivity contribution in [1.82, 2.24) is 4.31 Å². The van der Waals surface area contributed by atoms with Gasteiger partial charge in [0.2, 0.25) is 10.0 Å². The Labute approximate surface area is 140 Å². The molecule has 2 rings (SSSR count). The predicted octanol–water partition coefficient (Wildman–Crippen LogP) is 2.68. The Morgan fingerprint density at radius 2 is 1.71 bits per heavy atom. The highest BCUT2D eigenvalue weighted by Gasteiger charge is 2.21. The van der Waals surface area contributed by atoms with Gasteiger partial charge in [0.1, 0.15) is 5.75 Å². The minimum Gasteiger partial charge on any atom is -0.494 e. The first-order chi connectivity index (χ1) is 11.4. The maximum absolute atomic E-state index is 12.4. The van der Waals surface area contributed by atoms with Crippen molar-refractivity contribution < 1.29 is 18.1 Å². The van der Waals surface area contributed by atoms with E-state index >= 15 is 0 Å². The summed E-state index contributed by atoms with van der Waals surface area (Å²) in [7, 11) is -2.20. The summed E-state index contributed by atoms with van der Waals surface area (Å²) < 4.78 is 31.5. The highest BCUT2D eigenvalue weighted by Crippen LogP contribution is 2.19. The molecule has 0 radical (unpaired) electrons. The lowest BCUT2D eigenvalue weighted by atomic mass is 10.3. The molecule has 2 aromatic rings. The number of nitro groups is 1. The summed E-state index contributed by atoms with van der Waals surface area (Å²) in [6.45, 7) is 0.677. The first-order valence-corrected chi connectivity index (χ1v) is 8.74. The van der Waals surface area contributed by atoms with Gasteiger partial charge in [-0.25, -0.2) is 12.7 Å². The molecule has 0 amide bonds. The van der Waals surface area contributed by atoms with Crippen molar-refractivity contribution in [2.45, 2.75) is 11.3 Å². The second-order valence-electron chi connectivity index (χ2n) is 5.09. The molecular weight excluding hydrogens is 332 g/mol. The van der Waals surface area contributed by atoms with Crippen molar-refractivity contribution in [2.24, 2.45) is 0 Å². The molecule has 0 saturated carbocycles. The fourth-order valence-electron chi connectivity index (χ4n) is 2.03. The molecular formula is C16H18N2O5S. The van der Waals surface area contributed by atoms with E-state index in [1.54, 1.807) is 0 Å². The number of nitro benzene ring substituents is 1. The van der Waals surface area contributed by atoms with Gasteiger partial charge in [-0.05, 0) is 30.7 Å². The highest BCUT2D eigenvalue weighted by molar-refractivity contribution is 7.89. The van der Waals surface area contributed by atoms with Crippen LogP contribution in [0.15, 0.2) is 59.5 Å². The first-order valence-electron chi connectivity index (χ1n) is 7.30. The van der Waals surface area contributed by atoms with Crippen molar-refractivity contribution in [3.63, 3.8) is 0 Å². The van der Waals surface area contributed by atoms with E-state index in [1.165, 1.54) is 35.6 Å². The fraction of sp³-hybridized carbons (Fsp3) is 0.250. The molecule has 0 aliphatic rings. The van der Waals surface area contributed by atoms with E-state index < -0.39 is 14.9 Å². The summed E-state index contributed by atoms with van der Waals surface area (Å²) >= 11 is 0. The molecule has 0 fully saturated rings. The van der Waals surface area contributed by atoms with Crippen LogP contribution in [0.2, 0.25) is 0 Å². The Kier molecular flexibility index (Phi) is 5.88. The average molecular weight is 350 g/mol. The molecule has 0 N–H and O–H groups in total. The smallest absolute Gasteiger partial charge is 0.269 e. The minimum atomic E-state index is -3.67. The standard InChI is InChI=1S/C16H18N2O5S/c1-17(12-5-13-23-15-6-3-2-4-7-15)24(21,22)16-10-8-14(9-11-16)18(19)20/h2-4,6-11H,5,12-13H2,1H3. The molecule has 0 aliphatic heterocycles. The lowest BCUT2D eigenvalue weighted by Gasteiger charge is -2.17. The van der Waals surface area contributed by atoms with Crippen LogP contribution in [0, 0.1) is 10.1 Å². The van der Waals surface area contributed by atoms with E-state index in [9.17, 15) is 18.5 Å². The second kappa shape index (κ2) is 7.89. The maximum atomic E-state index is 12.4. The number of benzene rings is 2. The predicted molar refractivity (Wildman–Crippen MR) is 89.5 cm³/mol. The van der Waals surface area contributed by atoms with E-state index in [-0.39, 0.29) is 17.1 Å². The van der Waals surface area contributed by atoms with Gasteiger partial charge >= 0.3 is 0 Å². The van der Waals surface area contributed by atoms with E-state index in [0.717, 1.165) is 5.75 Å². The van der Waals surface area contributed by atoms with Crippen molar-refractivity contribution in [3.8, 4) is 5.75 Å². The Hall–Kier alpha value is -2.45. The van der Waals surface area contributed by atoms with Crippen LogP contribution in [0.5, 0.6) is 5.75 Å². The van der Waals surface area contributed by atoms with E-state index in [4.69, 9.17) is 4.74 Å². The van der Waals surface area contributed by atoms with Crippen molar-refractivity contribution >= 4 is 15.7 Å². The van der Waals surface area contributed by atoms with Gasteiger partial charge in [0.05, 0.1) is 16.4 Å². The SMILES string of the molecule is CN(CCCOc1ccccc1)S(=O)(=O)c1ccc([N+](=O)[O-])cc1. The molecule has 0 aromatic heterocycles. The lowest BCUT2D eigenvalue weighted by molar-refractivity contribution is -0.384. The Bertz CT molecular complexity index is 776. The number of para-hydroxylation sites is 1. The molecule has 128 valence electrons. The maximum Gasteiger partial charge on any atom is 0.269 e. The fourth-order valence-corrected chi connectivity index (χ4v) is 3.24. The number of ether oxygens (including phenoxy) is 1. The van der Waals surface area contributed by atoms with Gasteiger partial charge in [0.15, 0.2) is 0 Å². The molecule has 24 heavy (non-hydrogen) atoms. The van der Waals surface area contributed by atoms with Crippen molar-refractivity contribution in [2.75, 3.05) is 20.2 Å². The molecule has 7 nitrogen and oxygen atoms in total. The molecule has 0 atom stereocenters. The number of nitrogens with zero attached hydrogens (tertiary/aromatic N) is 2. The second-order valence-corrected chi connectivity index (χ2v) is 7.14. The van der Waals surface area contributed by atoms with Gasteiger partial charge < -0.3 is 4.74 Å².